The highest BCUT2D eigenvalue weighted by atomic mass is 16.3. The Kier molecular flexibility index (Phi) is 6.19. The first-order valence-corrected chi connectivity index (χ1v) is 15.7. The van der Waals surface area contributed by atoms with E-state index in [9.17, 15) is 24.3 Å². The summed E-state index contributed by atoms with van der Waals surface area (Å²) in [5, 5.41) is 13.3. The van der Waals surface area contributed by atoms with Crippen molar-refractivity contribution in [3.05, 3.63) is 120 Å². The Morgan fingerprint density at radius 2 is 1.48 bits per heavy atom. The highest BCUT2D eigenvalue weighted by Crippen LogP contribution is 2.64. The van der Waals surface area contributed by atoms with Gasteiger partial charge in [-0.05, 0) is 60.9 Å². The summed E-state index contributed by atoms with van der Waals surface area (Å²) >= 11 is 0. The van der Waals surface area contributed by atoms with E-state index in [0.29, 0.717) is 28.7 Å². The molecule has 6 atom stereocenters. The second-order valence-electron chi connectivity index (χ2n) is 13.0. The maximum atomic E-state index is 14.6. The van der Waals surface area contributed by atoms with Crippen LogP contribution in [-0.2, 0) is 19.2 Å². The molecule has 2 heterocycles. The van der Waals surface area contributed by atoms with Crippen LogP contribution >= 0.6 is 0 Å². The van der Waals surface area contributed by atoms with Gasteiger partial charge in [-0.2, -0.15) is 0 Å². The number of nitrogens with zero attached hydrogens (tertiary/aromatic N) is 2. The molecule has 7 heteroatoms. The molecule has 0 aromatic heterocycles. The number of para-hydroxylation sites is 1. The quantitative estimate of drug-likeness (QED) is 0.208. The van der Waals surface area contributed by atoms with Crippen molar-refractivity contribution in [2.75, 3.05) is 9.80 Å². The van der Waals surface area contributed by atoms with Gasteiger partial charge < -0.3 is 5.11 Å². The van der Waals surface area contributed by atoms with Gasteiger partial charge in [-0.1, -0.05) is 91.0 Å². The average Bonchev–Trinajstić information content (AvgIpc) is 3.45. The number of hydrogen-bond acceptors (Lipinski definition) is 5. The summed E-state index contributed by atoms with van der Waals surface area (Å²) in [5.41, 5.74) is 2.03. The minimum absolute atomic E-state index is 0.0583. The molecule has 8 rings (SSSR count). The van der Waals surface area contributed by atoms with Gasteiger partial charge in [0.1, 0.15) is 5.75 Å². The highest BCUT2D eigenvalue weighted by molar-refractivity contribution is 6.25. The first-order chi connectivity index (χ1) is 22.3. The van der Waals surface area contributed by atoms with Crippen LogP contribution in [0.5, 0.6) is 5.75 Å². The van der Waals surface area contributed by atoms with Crippen LogP contribution in [-0.4, -0.2) is 28.7 Å². The number of carbonyl (C=O) groups is 4. The monoisotopic (exact) mass is 608 g/mol. The number of aromatic hydroxyl groups is 1. The molecule has 0 radical (unpaired) electrons. The molecular weight excluding hydrogens is 576 g/mol. The second-order valence-corrected chi connectivity index (χ2v) is 13.0. The molecule has 2 saturated heterocycles. The second kappa shape index (κ2) is 10.1. The molecule has 4 aromatic carbocycles. The Labute approximate surface area is 266 Å². The predicted octanol–water partition coefficient (Wildman–Crippen LogP) is 6.62. The molecule has 0 spiro atoms. The number of anilines is 2. The van der Waals surface area contributed by atoms with Gasteiger partial charge in [0.2, 0.25) is 23.6 Å². The van der Waals surface area contributed by atoms with Crippen LogP contribution in [0.15, 0.2) is 109 Å². The molecular formula is C39H32N2O5. The molecule has 7 nitrogen and oxygen atoms in total. The van der Waals surface area contributed by atoms with Gasteiger partial charge >= 0.3 is 0 Å². The van der Waals surface area contributed by atoms with Crippen molar-refractivity contribution in [1.82, 2.24) is 0 Å². The summed E-state index contributed by atoms with van der Waals surface area (Å²) < 4.78 is 0. The molecule has 3 fully saturated rings. The lowest BCUT2D eigenvalue weighted by atomic mass is 9.51. The minimum Gasteiger partial charge on any atom is -0.507 e. The number of phenolic OH excluding ortho intramolecular Hbond substituents is 1. The average molecular weight is 609 g/mol. The summed E-state index contributed by atoms with van der Waals surface area (Å²) in [5.74, 6) is -4.31. The summed E-state index contributed by atoms with van der Waals surface area (Å²) in [6.45, 7) is 5.62. The Balaban J connectivity index is 1.29. The lowest BCUT2D eigenvalue weighted by Gasteiger charge is -2.49. The maximum Gasteiger partial charge on any atom is 0.241 e. The van der Waals surface area contributed by atoms with E-state index in [1.54, 1.807) is 42.5 Å². The zero-order valence-corrected chi connectivity index (χ0v) is 25.3. The van der Waals surface area contributed by atoms with E-state index in [1.165, 1.54) is 9.80 Å². The minimum atomic E-state index is -1.23. The van der Waals surface area contributed by atoms with E-state index in [4.69, 9.17) is 0 Å². The molecule has 228 valence electrons. The molecule has 0 unspecified atom stereocenters. The third-order valence-corrected chi connectivity index (χ3v) is 10.9. The van der Waals surface area contributed by atoms with Gasteiger partial charge in [0, 0.05) is 16.9 Å². The molecule has 4 aromatic rings. The van der Waals surface area contributed by atoms with Crippen molar-refractivity contribution in [2.45, 2.75) is 25.7 Å². The van der Waals surface area contributed by atoms with Crippen LogP contribution in [0.25, 0.3) is 16.8 Å². The lowest BCUT2D eigenvalue weighted by molar-refractivity contribution is -0.131. The predicted molar refractivity (Wildman–Crippen MR) is 176 cm³/mol. The number of fused-ring (bicyclic) bond motifs is 5. The Bertz CT molecular complexity index is 2020. The van der Waals surface area contributed by atoms with Crippen molar-refractivity contribution in [2.24, 2.45) is 29.1 Å². The van der Waals surface area contributed by atoms with Crippen LogP contribution in [0.3, 0.4) is 0 Å². The van der Waals surface area contributed by atoms with Gasteiger partial charge in [-0.25, -0.2) is 4.90 Å². The van der Waals surface area contributed by atoms with Gasteiger partial charge in [0.15, 0.2) is 0 Å². The number of hydrogen-bond donors (Lipinski definition) is 1. The smallest absolute Gasteiger partial charge is 0.241 e. The molecule has 2 aliphatic carbocycles. The molecule has 1 saturated carbocycles. The van der Waals surface area contributed by atoms with Crippen LogP contribution in [0.4, 0.5) is 11.4 Å². The topological polar surface area (TPSA) is 95.0 Å². The maximum absolute atomic E-state index is 14.6. The van der Waals surface area contributed by atoms with Gasteiger partial charge in [-0.3, -0.25) is 24.1 Å². The normalized spacial score (nSPS) is 28.6. The van der Waals surface area contributed by atoms with E-state index >= 15 is 0 Å². The zero-order chi connectivity index (χ0) is 31.9. The number of rotatable bonds is 4. The third-order valence-electron chi connectivity index (χ3n) is 10.9. The van der Waals surface area contributed by atoms with E-state index in [-0.39, 0.29) is 35.8 Å². The van der Waals surface area contributed by atoms with Crippen LogP contribution in [0, 0.1) is 29.1 Å². The number of allylic oxidation sites excluding steroid dienone is 2. The molecule has 2 aliphatic heterocycles. The fourth-order valence-corrected chi connectivity index (χ4v) is 8.70. The van der Waals surface area contributed by atoms with E-state index < -0.39 is 35.0 Å². The van der Waals surface area contributed by atoms with E-state index in [0.717, 1.165) is 16.5 Å². The van der Waals surface area contributed by atoms with Crippen LogP contribution in [0.1, 0.15) is 36.8 Å². The van der Waals surface area contributed by atoms with Crippen molar-refractivity contribution < 1.29 is 24.3 Å². The first kappa shape index (κ1) is 28.2. The standard InChI is InChI=1S/C39H32N2O5/c1-3-22-13-16-25(17-14-22)40-35(43)28-20-19-27-30(32(28)37(40)45)21-31-36(44)41(24-10-5-4-6-11-24)38(46)39(31,2)33(27)29-18-15-23-9-7-8-12-26(23)34(29)42/h3-19,28,30-33,42H,1,20-21H2,2H3/t28-,30+,31-,32-,33+,39+/m0/s1. The number of benzene rings is 4. The van der Waals surface area contributed by atoms with Crippen molar-refractivity contribution in [1.29, 1.82) is 0 Å². The lowest BCUT2D eigenvalue weighted by Crippen LogP contribution is -2.48. The molecule has 0 bridgehead atoms. The van der Waals surface area contributed by atoms with Crippen molar-refractivity contribution in [3.8, 4) is 5.75 Å². The molecule has 4 amide bonds. The summed E-state index contributed by atoms with van der Waals surface area (Å²) in [6, 6.07) is 27.3. The SMILES string of the molecule is C=Cc1ccc(N2C(=O)[C@H]3[C@H](CC=C4[C@H]3C[C@H]3C(=O)N(c5ccccc5)C(=O)[C@@]3(C)[C@H]4c3ccc4ccccc4c3O)C2=O)cc1. The summed E-state index contributed by atoms with van der Waals surface area (Å²) in [6.07, 6.45) is 4.29. The van der Waals surface area contributed by atoms with Crippen LogP contribution < -0.4 is 9.80 Å². The molecule has 4 aliphatic rings. The Morgan fingerprint density at radius 1 is 0.783 bits per heavy atom. The Hall–Kier alpha value is -5.30. The molecule has 46 heavy (non-hydrogen) atoms. The fraction of sp³-hybridized carbons (Fsp3) is 0.231. The zero-order valence-electron chi connectivity index (χ0n) is 25.3. The van der Waals surface area contributed by atoms with Gasteiger partial charge in [0.05, 0.1) is 34.5 Å². The van der Waals surface area contributed by atoms with E-state index in [1.807, 2.05) is 67.6 Å². The summed E-state index contributed by atoms with van der Waals surface area (Å²) in [4.78, 5) is 59.7. The Morgan fingerprint density at radius 3 is 2.22 bits per heavy atom. The van der Waals surface area contributed by atoms with Crippen LogP contribution in [0.2, 0.25) is 0 Å². The first-order valence-electron chi connectivity index (χ1n) is 15.7. The highest BCUT2D eigenvalue weighted by Gasteiger charge is 2.68. The number of amides is 4. The number of imide groups is 2. The largest absolute Gasteiger partial charge is 0.507 e. The number of carbonyl (C=O) groups excluding carboxylic acids is 4. The van der Waals surface area contributed by atoms with Gasteiger partial charge in [-0.15, -0.1) is 0 Å². The number of phenols is 1. The fourth-order valence-electron chi connectivity index (χ4n) is 8.70. The van der Waals surface area contributed by atoms with Gasteiger partial charge in [0.25, 0.3) is 0 Å². The summed E-state index contributed by atoms with van der Waals surface area (Å²) in [7, 11) is 0. The van der Waals surface area contributed by atoms with Crippen molar-refractivity contribution >= 4 is 51.9 Å². The van der Waals surface area contributed by atoms with E-state index in [2.05, 4.69) is 6.58 Å². The molecule has 1 N–H and O–H groups in total. The third kappa shape index (κ3) is 3.71. The van der Waals surface area contributed by atoms with Crippen molar-refractivity contribution in [3.63, 3.8) is 0 Å².